The van der Waals surface area contributed by atoms with Gasteiger partial charge in [0.1, 0.15) is 5.75 Å². The Hall–Kier alpha value is -1.26. The number of rotatable bonds is 6. The molecule has 0 atom stereocenters. The Kier molecular flexibility index (Phi) is 6.12. The van der Waals surface area contributed by atoms with Gasteiger partial charge in [-0.15, -0.1) is 0 Å². The second-order valence-electron chi connectivity index (χ2n) is 4.54. The summed E-state index contributed by atoms with van der Waals surface area (Å²) in [4.78, 5) is 16.2. The highest BCUT2D eigenvalue weighted by Gasteiger charge is 2.12. The van der Waals surface area contributed by atoms with Gasteiger partial charge in [0.25, 0.3) is 5.91 Å². The first-order valence-electron chi connectivity index (χ1n) is 6.29. The van der Waals surface area contributed by atoms with Crippen molar-refractivity contribution in [3.63, 3.8) is 0 Å². The summed E-state index contributed by atoms with van der Waals surface area (Å²) >= 11 is 6.11. The molecule has 0 spiro atoms. The number of amides is 1. The zero-order chi connectivity index (χ0) is 14.4. The van der Waals surface area contributed by atoms with E-state index in [1.807, 2.05) is 32.9 Å². The lowest BCUT2D eigenvalue weighted by Crippen LogP contribution is -2.29. The van der Waals surface area contributed by atoms with Gasteiger partial charge in [0, 0.05) is 5.02 Å². The third kappa shape index (κ3) is 4.73. The SMILES string of the molecule is CCONC(=O)COc1cc(C)c(Cl)cc1C(C)C. The third-order valence-corrected chi connectivity index (χ3v) is 3.01. The van der Waals surface area contributed by atoms with Crippen molar-refractivity contribution in [2.45, 2.75) is 33.6 Å². The van der Waals surface area contributed by atoms with Crippen molar-refractivity contribution in [3.05, 3.63) is 28.3 Å². The standard InChI is InChI=1S/C14H20ClNO3/c1-5-19-16-14(17)8-18-13-6-10(4)12(15)7-11(13)9(2)3/h6-7,9H,5,8H2,1-4H3,(H,16,17). The molecule has 1 aromatic carbocycles. The van der Waals surface area contributed by atoms with Crippen LogP contribution in [0.15, 0.2) is 12.1 Å². The minimum Gasteiger partial charge on any atom is -0.483 e. The average Bonchev–Trinajstić information content (AvgIpc) is 2.36. The maximum absolute atomic E-state index is 11.4. The molecule has 0 saturated carbocycles. The van der Waals surface area contributed by atoms with Crippen LogP contribution in [0.2, 0.25) is 5.02 Å². The van der Waals surface area contributed by atoms with E-state index in [0.29, 0.717) is 17.4 Å². The molecule has 1 N–H and O–H groups in total. The number of hydrogen-bond donors (Lipinski definition) is 1. The predicted octanol–water partition coefficient (Wildman–Crippen LogP) is 3.22. The number of nitrogens with one attached hydrogen (secondary N) is 1. The molecule has 0 heterocycles. The van der Waals surface area contributed by atoms with Crippen LogP contribution in [-0.2, 0) is 9.63 Å². The maximum Gasteiger partial charge on any atom is 0.281 e. The fraction of sp³-hybridized carbons (Fsp3) is 0.500. The molecule has 0 saturated heterocycles. The van der Waals surface area contributed by atoms with E-state index in [9.17, 15) is 4.79 Å². The molecular weight excluding hydrogens is 266 g/mol. The smallest absolute Gasteiger partial charge is 0.281 e. The van der Waals surface area contributed by atoms with Gasteiger partial charge < -0.3 is 4.74 Å². The lowest BCUT2D eigenvalue weighted by Gasteiger charge is -2.15. The quantitative estimate of drug-likeness (QED) is 0.817. The first-order chi connectivity index (χ1) is 8.95. The highest BCUT2D eigenvalue weighted by atomic mass is 35.5. The van der Waals surface area contributed by atoms with Crippen LogP contribution in [0, 0.1) is 6.92 Å². The van der Waals surface area contributed by atoms with Gasteiger partial charge in [-0.25, -0.2) is 5.48 Å². The molecule has 1 rings (SSSR count). The Balaban J connectivity index is 2.77. The van der Waals surface area contributed by atoms with Crippen LogP contribution in [-0.4, -0.2) is 19.1 Å². The summed E-state index contributed by atoms with van der Waals surface area (Å²) in [5.41, 5.74) is 4.20. The Morgan fingerprint density at radius 1 is 1.42 bits per heavy atom. The van der Waals surface area contributed by atoms with Crippen LogP contribution in [0.25, 0.3) is 0 Å². The van der Waals surface area contributed by atoms with Crippen LogP contribution in [0.1, 0.15) is 37.8 Å². The number of carbonyl (C=O) groups excluding carboxylic acids is 1. The summed E-state index contributed by atoms with van der Waals surface area (Å²) in [6, 6.07) is 3.74. The Labute approximate surface area is 119 Å². The van der Waals surface area contributed by atoms with E-state index < -0.39 is 0 Å². The largest absolute Gasteiger partial charge is 0.483 e. The van der Waals surface area contributed by atoms with Crippen molar-refractivity contribution in [2.75, 3.05) is 13.2 Å². The summed E-state index contributed by atoms with van der Waals surface area (Å²) < 4.78 is 5.54. The van der Waals surface area contributed by atoms with Crippen molar-refractivity contribution in [1.29, 1.82) is 0 Å². The summed E-state index contributed by atoms with van der Waals surface area (Å²) in [6.07, 6.45) is 0. The molecule has 1 amide bonds. The maximum atomic E-state index is 11.4. The second kappa shape index (κ2) is 7.36. The number of carbonyl (C=O) groups is 1. The van der Waals surface area contributed by atoms with E-state index in [2.05, 4.69) is 5.48 Å². The van der Waals surface area contributed by atoms with Crippen molar-refractivity contribution in [2.24, 2.45) is 0 Å². The molecule has 0 aromatic heterocycles. The topological polar surface area (TPSA) is 47.6 Å². The molecule has 5 heteroatoms. The van der Waals surface area contributed by atoms with Gasteiger partial charge in [0.2, 0.25) is 0 Å². The summed E-state index contributed by atoms with van der Waals surface area (Å²) in [5, 5.41) is 0.704. The van der Waals surface area contributed by atoms with Crippen molar-refractivity contribution in [3.8, 4) is 5.75 Å². The minimum atomic E-state index is -0.316. The number of aryl methyl sites for hydroxylation is 1. The fourth-order valence-corrected chi connectivity index (χ4v) is 1.74. The second-order valence-corrected chi connectivity index (χ2v) is 4.95. The normalized spacial score (nSPS) is 10.6. The predicted molar refractivity (Wildman–Crippen MR) is 75.5 cm³/mol. The number of ether oxygens (including phenoxy) is 1. The molecule has 1 aromatic rings. The number of benzene rings is 1. The van der Waals surface area contributed by atoms with Gasteiger partial charge >= 0.3 is 0 Å². The molecule has 0 aliphatic carbocycles. The van der Waals surface area contributed by atoms with E-state index in [4.69, 9.17) is 21.2 Å². The van der Waals surface area contributed by atoms with E-state index in [1.165, 1.54) is 0 Å². The first kappa shape index (κ1) is 15.8. The monoisotopic (exact) mass is 285 g/mol. The Morgan fingerprint density at radius 2 is 2.11 bits per heavy atom. The number of hydroxylamine groups is 1. The van der Waals surface area contributed by atoms with Crippen LogP contribution < -0.4 is 10.2 Å². The molecule has 19 heavy (non-hydrogen) atoms. The summed E-state index contributed by atoms with van der Waals surface area (Å²) in [7, 11) is 0. The van der Waals surface area contributed by atoms with E-state index in [1.54, 1.807) is 6.92 Å². The Morgan fingerprint density at radius 3 is 2.68 bits per heavy atom. The van der Waals surface area contributed by atoms with E-state index >= 15 is 0 Å². The molecular formula is C14H20ClNO3. The summed E-state index contributed by atoms with van der Waals surface area (Å²) in [6.45, 7) is 8.13. The summed E-state index contributed by atoms with van der Waals surface area (Å²) in [5.74, 6) is 0.635. The molecule has 0 fully saturated rings. The highest BCUT2D eigenvalue weighted by Crippen LogP contribution is 2.31. The van der Waals surface area contributed by atoms with Crippen molar-refractivity contribution >= 4 is 17.5 Å². The zero-order valence-corrected chi connectivity index (χ0v) is 12.5. The van der Waals surface area contributed by atoms with Crippen LogP contribution in [0.5, 0.6) is 5.75 Å². The third-order valence-electron chi connectivity index (χ3n) is 2.60. The van der Waals surface area contributed by atoms with Crippen LogP contribution >= 0.6 is 11.6 Å². The van der Waals surface area contributed by atoms with Crippen LogP contribution in [0.3, 0.4) is 0 Å². The molecule has 106 valence electrons. The van der Waals surface area contributed by atoms with E-state index in [0.717, 1.165) is 11.1 Å². The average molecular weight is 286 g/mol. The first-order valence-corrected chi connectivity index (χ1v) is 6.67. The van der Waals surface area contributed by atoms with Gasteiger partial charge in [-0.3, -0.25) is 9.63 Å². The van der Waals surface area contributed by atoms with E-state index in [-0.39, 0.29) is 18.4 Å². The van der Waals surface area contributed by atoms with Gasteiger partial charge in [0.15, 0.2) is 6.61 Å². The molecule has 0 radical (unpaired) electrons. The highest BCUT2D eigenvalue weighted by molar-refractivity contribution is 6.31. The van der Waals surface area contributed by atoms with Crippen molar-refractivity contribution in [1.82, 2.24) is 5.48 Å². The molecule has 0 aliphatic heterocycles. The van der Waals surface area contributed by atoms with Gasteiger partial charge in [-0.05, 0) is 43.0 Å². The van der Waals surface area contributed by atoms with Gasteiger partial charge in [0.05, 0.1) is 6.61 Å². The van der Waals surface area contributed by atoms with Crippen molar-refractivity contribution < 1.29 is 14.4 Å². The number of hydrogen-bond acceptors (Lipinski definition) is 3. The molecule has 4 nitrogen and oxygen atoms in total. The van der Waals surface area contributed by atoms with Gasteiger partial charge in [-0.2, -0.15) is 0 Å². The lowest BCUT2D eigenvalue weighted by molar-refractivity contribution is -0.135. The van der Waals surface area contributed by atoms with Gasteiger partial charge in [-0.1, -0.05) is 25.4 Å². The lowest BCUT2D eigenvalue weighted by atomic mass is 10.0. The molecule has 0 aliphatic rings. The Bertz CT molecular complexity index is 447. The molecule has 0 unspecified atom stereocenters. The van der Waals surface area contributed by atoms with Crippen LogP contribution in [0.4, 0.5) is 0 Å². The minimum absolute atomic E-state index is 0.0825. The fourth-order valence-electron chi connectivity index (χ4n) is 1.57. The molecule has 0 bridgehead atoms. The zero-order valence-electron chi connectivity index (χ0n) is 11.7. The number of halogens is 1.